The Bertz CT molecular complexity index is 526. The topological polar surface area (TPSA) is 84.2 Å². The Kier molecular flexibility index (Phi) is 6.16. The molecule has 5 heteroatoms. The summed E-state index contributed by atoms with van der Waals surface area (Å²) in [7, 11) is 0. The van der Waals surface area contributed by atoms with E-state index in [9.17, 15) is 9.59 Å². The Morgan fingerprint density at radius 3 is 2.43 bits per heavy atom. The van der Waals surface area contributed by atoms with E-state index in [1.54, 1.807) is 0 Å². The molecule has 0 radical (unpaired) electrons. The third-order valence-electron chi connectivity index (χ3n) is 4.03. The average molecular weight is 317 g/mol. The minimum Gasteiger partial charge on any atom is -0.352 e. The van der Waals surface area contributed by atoms with E-state index >= 15 is 0 Å². The van der Waals surface area contributed by atoms with Crippen LogP contribution in [0.5, 0.6) is 0 Å². The van der Waals surface area contributed by atoms with Crippen LogP contribution in [-0.2, 0) is 9.59 Å². The van der Waals surface area contributed by atoms with E-state index in [0.29, 0.717) is 18.9 Å². The molecule has 4 N–H and O–H groups in total. The Morgan fingerprint density at radius 1 is 1.22 bits per heavy atom. The van der Waals surface area contributed by atoms with Crippen LogP contribution < -0.4 is 16.4 Å². The van der Waals surface area contributed by atoms with Gasteiger partial charge < -0.3 is 16.4 Å². The standard InChI is InChI=1S/C18H27N3O2/c1-12(2)10-16(22)21-17(14-6-4-3-5-7-14)18(23)20-11-15(19)13-8-9-13/h3-7,12-13,15,17H,8-11,19H2,1-2H3,(H,20,23)(H,21,22). The largest absolute Gasteiger partial charge is 0.352 e. The lowest BCUT2D eigenvalue weighted by molar-refractivity contribution is -0.129. The number of hydrogen-bond donors (Lipinski definition) is 3. The second-order valence-corrected chi connectivity index (χ2v) is 6.76. The van der Waals surface area contributed by atoms with E-state index in [1.807, 2.05) is 44.2 Å². The van der Waals surface area contributed by atoms with E-state index in [4.69, 9.17) is 5.73 Å². The highest BCUT2D eigenvalue weighted by atomic mass is 16.2. The van der Waals surface area contributed by atoms with Crippen LogP contribution in [0.15, 0.2) is 30.3 Å². The summed E-state index contributed by atoms with van der Waals surface area (Å²) in [6.45, 7) is 4.41. The highest BCUT2D eigenvalue weighted by molar-refractivity contribution is 5.88. The highest BCUT2D eigenvalue weighted by Gasteiger charge is 2.29. The molecule has 0 aliphatic heterocycles. The van der Waals surface area contributed by atoms with E-state index < -0.39 is 6.04 Å². The van der Waals surface area contributed by atoms with Crippen LogP contribution in [0.25, 0.3) is 0 Å². The fraction of sp³-hybridized carbons (Fsp3) is 0.556. The Hall–Kier alpha value is -1.88. The van der Waals surface area contributed by atoms with E-state index in [2.05, 4.69) is 10.6 Å². The Balaban J connectivity index is 1.99. The first-order valence-electron chi connectivity index (χ1n) is 8.35. The minimum atomic E-state index is -0.672. The van der Waals surface area contributed by atoms with Crippen molar-refractivity contribution in [3.05, 3.63) is 35.9 Å². The van der Waals surface area contributed by atoms with Gasteiger partial charge in [0.1, 0.15) is 6.04 Å². The number of hydrogen-bond acceptors (Lipinski definition) is 3. The predicted molar refractivity (Wildman–Crippen MR) is 90.5 cm³/mol. The molecule has 1 aliphatic carbocycles. The number of benzene rings is 1. The maximum atomic E-state index is 12.5. The zero-order valence-corrected chi connectivity index (χ0v) is 13.9. The first-order valence-corrected chi connectivity index (χ1v) is 8.35. The third kappa shape index (κ3) is 5.67. The molecule has 126 valence electrons. The molecular weight excluding hydrogens is 290 g/mol. The summed E-state index contributed by atoms with van der Waals surface area (Å²) >= 11 is 0. The quantitative estimate of drug-likeness (QED) is 0.683. The SMILES string of the molecule is CC(C)CC(=O)NC(C(=O)NCC(N)C1CC1)c1ccccc1. The highest BCUT2D eigenvalue weighted by Crippen LogP contribution is 2.31. The van der Waals surface area contributed by atoms with Crippen LogP contribution in [0.1, 0.15) is 44.7 Å². The van der Waals surface area contributed by atoms with Crippen molar-refractivity contribution < 1.29 is 9.59 Å². The molecule has 1 aliphatic rings. The molecule has 23 heavy (non-hydrogen) atoms. The van der Waals surface area contributed by atoms with Gasteiger partial charge in [-0.2, -0.15) is 0 Å². The Morgan fingerprint density at radius 2 is 1.87 bits per heavy atom. The van der Waals surface area contributed by atoms with Gasteiger partial charge in [-0.1, -0.05) is 44.2 Å². The summed E-state index contributed by atoms with van der Waals surface area (Å²) in [5.74, 6) is 0.457. The monoisotopic (exact) mass is 317 g/mol. The molecule has 2 amide bonds. The van der Waals surface area contributed by atoms with Crippen molar-refractivity contribution in [2.45, 2.75) is 45.2 Å². The maximum absolute atomic E-state index is 12.5. The number of amides is 2. The van der Waals surface area contributed by atoms with Crippen molar-refractivity contribution >= 4 is 11.8 Å². The molecule has 0 spiro atoms. The molecule has 2 atom stereocenters. The number of nitrogens with two attached hydrogens (primary N) is 1. The Labute approximate surface area is 138 Å². The molecule has 1 saturated carbocycles. The molecule has 5 nitrogen and oxygen atoms in total. The molecular formula is C18H27N3O2. The van der Waals surface area contributed by atoms with Crippen LogP contribution >= 0.6 is 0 Å². The molecule has 1 fully saturated rings. The van der Waals surface area contributed by atoms with Crippen LogP contribution in [0.3, 0.4) is 0 Å². The molecule has 0 saturated heterocycles. The molecule has 1 aromatic carbocycles. The lowest BCUT2D eigenvalue weighted by atomic mass is 10.0. The van der Waals surface area contributed by atoms with Gasteiger partial charge in [0.25, 0.3) is 0 Å². The van der Waals surface area contributed by atoms with Crippen molar-refractivity contribution in [3.63, 3.8) is 0 Å². The van der Waals surface area contributed by atoms with Crippen molar-refractivity contribution in [1.29, 1.82) is 0 Å². The third-order valence-corrected chi connectivity index (χ3v) is 4.03. The van der Waals surface area contributed by atoms with Crippen LogP contribution in [0.4, 0.5) is 0 Å². The van der Waals surface area contributed by atoms with Crippen LogP contribution in [0, 0.1) is 11.8 Å². The molecule has 1 aromatic rings. The average Bonchev–Trinajstić information content (AvgIpc) is 3.35. The minimum absolute atomic E-state index is 0.00161. The van der Waals surface area contributed by atoms with Crippen molar-refractivity contribution in [2.24, 2.45) is 17.6 Å². The second-order valence-electron chi connectivity index (χ2n) is 6.76. The van der Waals surface area contributed by atoms with Gasteiger partial charge in [0, 0.05) is 19.0 Å². The number of carbonyl (C=O) groups excluding carboxylic acids is 2. The van der Waals surface area contributed by atoms with Gasteiger partial charge in [0.2, 0.25) is 11.8 Å². The first kappa shape index (κ1) is 17.5. The molecule has 0 bridgehead atoms. The normalized spacial score (nSPS) is 16.7. The molecule has 2 rings (SSSR count). The molecule has 0 aromatic heterocycles. The van der Waals surface area contributed by atoms with Crippen LogP contribution in [0.2, 0.25) is 0 Å². The summed E-state index contributed by atoms with van der Waals surface area (Å²) in [6.07, 6.45) is 2.69. The fourth-order valence-corrected chi connectivity index (χ4v) is 2.55. The van der Waals surface area contributed by atoms with Gasteiger partial charge in [-0.25, -0.2) is 0 Å². The van der Waals surface area contributed by atoms with Gasteiger partial charge in [-0.3, -0.25) is 9.59 Å². The van der Waals surface area contributed by atoms with Gasteiger partial charge >= 0.3 is 0 Å². The summed E-state index contributed by atoms with van der Waals surface area (Å²) in [5, 5.41) is 5.72. The van der Waals surface area contributed by atoms with E-state index in [-0.39, 0.29) is 23.8 Å². The van der Waals surface area contributed by atoms with Gasteiger partial charge in [0.15, 0.2) is 0 Å². The lowest BCUT2D eigenvalue weighted by Crippen LogP contribution is -2.45. The maximum Gasteiger partial charge on any atom is 0.247 e. The van der Waals surface area contributed by atoms with Gasteiger partial charge in [-0.15, -0.1) is 0 Å². The number of nitrogens with one attached hydrogen (secondary N) is 2. The van der Waals surface area contributed by atoms with Crippen molar-refractivity contribution in [1.82, 2.24) is 10.6 Å². The summed E-state index contributed by atoms with van der Waals surface area (Å²) in [4.78, 5) is 24.6. The van der Waals surface area contributed by atoms with Gasteiger partial charge in [-0.05, 0) is 30.2 Å². The zero-order chi connectivity index (χ0) is 16.8. The van der Waals surface area contributed by atoms with Gasteiger partial charge in [0.05, 0.1) is 0 Å². The van der Waals surface area contributed by atoms with E-state index in [1.165, 1.54) is 0 Å². The first-order chi connectivity index (χ1) is 11.0. The number of carbonyl (C=O) groups is 2. The zero-order valence-electron chi connectivity index (χ0n) is 13.9. The van der Waals surface area contributed by atoms with Crippen molar-refractivity contribution in [3.8, 4) is 0 Å². The summed E-state index contributed by atoms with van der Waals surface area (Å²) in [6, 6.07) is 8.63. The predicted octanol–water partition coefficient (Wildman–Crippen LogP) is 1.74. The molecule has 0 heterocycles. The van der Waals surface area contributed by atoms with E-state index in [0.717, 1.165) is 18.4 Å². The number of rotatable bonds is 8. The lowest BCUT2D eigenvalue weighted by Gasteiger charge is -2.21. The summed E-state index contributed by atoms with van der Waals surface area (Å²) < 4.78 is 0. The molecule has 2 unspecified atom stereocenters. The summed E-state index contributed by atoms with van der Waals surface area (Å²) in [5.41, 5.74) is 6.81. The van der Waals surface area contributed by atoms with Crippen molar-refractivity contribution in [2.75, 3.05) is 6.54 Å². The fourth-order valence-electron chi connectivity index (χ4n) is 2.55. The van der Waals surface area contributed by atoms with Crippen LogP contribution in [-0.4, -0.2) is 24.4 Å². The second kappa shape index (κ2) is 8.11. The smallest absolute Gasteiger partial charge is 0.247 e.